The lowest BCUT2D eigenvalue weighted by Gasteiger charge is -2.01. The van der Waals surface area contributed by atoms with Gasteiger partial charge in [0.2, 0.25) is 0 Å². The van der Waals surface area contributed by atoms with E-state index in [1.165, 1.54) is 5.57 Å². The van der Waals surface area contributed by atoms with Crippen LogP contribution in [-0.4, -0.2) is 19.2 Å². The average Bonchev–Trinajstić information content (AvgIpc) is 3.15. The lowest BCUT2D eigenvalue weighted by atomic mass is 10.2. The predicted octanol–water partition coefficient (Wildman–Crippen LogP) is 3.05. The zero-order valence-electron chi connectivity index (χ0n) is 10.3. The van der Waals surface area contributed by atoms with Crippen LogP contribution in [-0.2, 0) is 0 Å². The van der Waals surface area contributed by atoms with Gasteiger partial charge < -0.3 is 5.11 Å². The Bertz CT molecular complexity index is 717. The predicted molar refractivity (Wildman–Crippen MR) is 73.5 cm³/mol. The molecule has 4 heteroatoms. The summed E-state index contributed by atoms with van der Waals surface area (Å²) in [5.74, 6) is 0.550. The summed E-state index contributed by atoms with van der Waals surface area (Å²) >= 11 is 0. The van der Waals surface area contributed by atoms with Crippen molar-refractivity contribution < 1.29 is 5.11 Å². The van der Waals surface area contributed by atoms with Crippen LogP contribution in [0.2, 0.25) is 0 Å². The highest BCUT2D eigenvalue weighted by atomic mass is 16.3. The first-order valence-corrected chi connectivity index (χ1v) is 5.81. The van der Waals surface area contributed by atoms with Crippen molar-refractivity contribution in [1.29, 1.82) is 0 Å². The van der Waals surface area contributed by atoms with Gasteiger partial charge in [-0.2, -0.15) is 0 Å². The van der Waals surface area contributed by atoms with E-state index in [9.17, 15) is 5.11 Å². The van der Waals surface area contributed by atoms with Gasteiger partial charge in [0, 0.05) is 5.92 Å². The third-order valence-corrected chi connectivity index (χ3v) is 3.23. The standard InChI is InChI=1S/C14H15N3O/c1-5-7-13(10(4)18)16-15-12(6-2)14(17(15)16)11-8-9(11)3/h5-9,18H,1-2,4H2,3H3/b13-7+/t9-,15?,16?,17?/m0/s1. The van der Waals surface area contributed by atoms with Gasteiger partial charge in [0.25, 0.3) is 0 Å². The van der Waals surface area contributed by atoms with Crippen LogP contribution in [0, 0.1) is 5.92 Å². The summed E-state index contributed by atoms with van der Waals surface area (Å²) in [6.45, 7) is 13.2. The van der Waals surface area contributed by atoms with Crippen LogP contribution in [0.4, 0.5) is 0 Å². The third kappa shape index (κ3) is 1.20. The van der Waals surface area contributed by atoms with E-state index >= 15 is 0 Å². The van der Waals surface area contributed by atoms with Crippen molar-refractivity contribution in [1.82, 2.24) is 14.1 Å². The quantitative estimate of drug-likeness (QED) is 0.633. The summed E-state index contributed by atoms with van der Waals surface area (Å²) in [7, 11) is 0. The zero-order valence-corrected chi connectivity index (χ0v) is 10.3. The summed E-state index contributed by atoms with van der Waals surface area (Å²) in [5, 5.41) is 9.60. The molecular weight excluding hydrogens is 226 g/mol. The average molecular weight is 241 g/mol. The second-order valence-electron chi connectivity index (χ2n) is 4.45. The van der Waals surface area contributed by atoms with Crippen molar-refractivity contribution in [2.24, 2.45) is 5.92 Å². The lowest BCUT2D eigenvalue weighted by Crippen LogP contribution is -2.01. The van der Waals surface area contributed by atoms with Gasteiger partial charge >= 0.3 is 0 Å². The van der Waals surface area contributed by atoms with E-state index in [1.54, 1.807) is 12.2 Å². The van der Waals surface area contributed by atoms with Crippen LogP contribution in [0.25, 0.3) is 17.3 Å². The molecule has 1 N–H and O–H groups in total. The smallest absolute Gasteiger partial charge is 0.135 e. The van der Waals surface area contributed by atoms with Crippen LogP contribution in [0.1, 0.15) is 18.3 Å². The van der Waals surface area contributed by atoms with Gasteiger partial charge in [-0.1, -0.05) is 38.8 Å². The normalized spacial score (nSPS) is 19.3. The van der Waals surface area contributed by atoms with Gasteiger partial charge in [-0.25, -0.2) is 0 Å². The fourth-order valence-corrected chi connectivity index (χ4v) is 2.22. The van der Waals surface area contributed by atoms with Crippen molar-refractivity contribution in [3.05, 3.63) is 55.1 Å². The van der Waals surface area contributed by atoms with Crippen LogP contribution in [0.15, 0.2) is 43.7 Å². The molecule has 0 unspecified atom stereocenters. The molecule has 1 aliphatic rings. The van der Waals surface area contributed by atoms with Crippen LogP contribution in [0.5, 0.6) is 0 Å². The molecule has 0 saturated heterocycles. The number of nitrogens with zero attached hydrogens (tertiary/aromatic N) is 3. The molecule has 0 fully saturated rings. The summed E-state index contributed by atoms with van der Waals surface area (Å²) in [4.78, 5) is 1.85. The molecule has 2 aromatic heterocycles. The van der Waals surface area contributed by atoms with Gasteiger partial charge in [-0.15, -0.1) is 14.1 Å². The highest BCUT2D eigenvalue weighted by Gasteiger charge is 2.37. The van der Waals surface area contributed by atoms with Gasteiger partial charge in [-0.05, 0) is 17.7 Å². The molecule has 3 rings (SSSR count). The molecule has 1 atom stereocenters. The van der Waals surface area contributed by atoms with Crippen molar-refractivity contribution in [3.63, 3.8) is 0 Å². The molecule has 92 valence electrons. The van der Waals surface area contributed by atoms with E-state index in [0.717, 1.165) is 11.4 Å². The molecule has 0 aromatic carbocycles. The molecule has 0 radical (unpaired) electrons. The fraction of sp³-hybridized carbons (Fsp3) is 0.143. The number of hydrogen-bond donors (Lipinski definition) is 1. The Labute approximate surface area is 105 Å². The maximum Gasteiger partial charge on any atom is 0.135 e. The Kier molecular flexibility index (Phi) is 1.99. The molecule has 0 spiro atoms. The van der Waals surface area contributed by atoms with Crippen LogP contribution < -0.4 is 0 Å². The summed E-state index contributed by atoms with van der Waals surface area (Å²) in [5.41, 5.74) is 4.16. The lowest BCUT2D eigenvalue weighted by molar-refractivity contribution is 0.435. The maximum absolute atomic E-state index is 9.60. The minimum atomic E-state index is 0.0184. The minimum Gasteiger partial charge on any atom is -0.506 e. The monoisotopic (exact) mass is 241 g/mol. The summed E-state index contributed by atoms with van der Waals surface area (Å²) in [6, 6.07) is 0. The Morgan fingerprint density at radius 2 is 2.06 bits per heavy atom. The van der Waals surface area contributed by atoms with E-state index in [4.69, 9.17) is 0 Å². The Morgan fingerprint density at radius 1 is 1.39 bits per heavy atom. The van der Waals surface area contributed by atoms with Crippen LogP contribution >= 0.6 is 0 Å². The number of fused-ring (bicyclic) bond motifs is 1. The van der Waals surface area contributed by atoms with E-state index in [-0.39, 0.29) is 5.76 Å². The Balaban J connectivity index is 2.08. The minimum absolute atomic E-state index is 0.0184. The first kappa shape index (κ1) is 10.8. The number of rotatable bonds is 5. The second kappa shape index (κ2) is 3.32. The van der Waals surface area contributed by atoms with E-state index in [0.29, 0.717) is 11.6 Å². The van der Waals surface area contributed by atoms with Gasteiger partial charge in [0.15, 0.2) is 0 Å². The molecule has 4 nitrogen and oxygen atoms in total. The molecular formula is C14H15N3O. The van der Waals surface area contributed by atoms with E-state index in [1.807, 2.05) is 20.1 Å². The fourth-order valence-electron chi connectivity index (χ4n) is 2.22. The van der Waals surface area contributed by atoms with E-state index in [2.05, 4.69) is 32.7 Å². The molecule has 0 bridgehead atoms. The SMILES string of the molecule is C=C/C=C(\C(=C)O)n1n2c(C=C)c(C3=C[C@@H]3C)n12. The molecule has 2 heterocycles. The zero-order chi connectivity index (χ0) is 13.0. The topological polar surface area (TPSA) is 34.0 Å². The number of aromatic nitrogens is 3. The molecule has 1 aliphatic carbocycles. The van der Waals surface area contributed by atoms with Crippen molar-refractivity contribution in [2.75, 3.05) is 0 Å². The first-order valence-electron chi connectivity index (χ1n) is 5.81. The first-order chi connectivity index (χ1) is 8.61. The second-order valence-corrected chi connectivity index (χ2v) is 4.45. The Morgan fingerprint density at radius 3 is 2.50 bits per heavy atom. The Hall–Kier alpha value is -2.36. The summed E-state index contributed by atoms with van der Waals surface area (Å²) in [6.07, 6.45) is 7.38. The third-order valence-electron chi connectivity index (χ3n) is 3.23. The molecule has 0 saturated carbocycles. The molecule has 0 aliphatic heterocycles. The largest absolute Gasteiger partial charge is 0.506 e. The maximum atomic E-state index is 9.60. The number of allylic oxidation sites excluding steroid dienone is 5. The number of hydrogen-bond acceptors (Lipinski definition) is 1. The van der Waals surface area contributed by atoms with Crippen molar-refractivity contribution >= 4 is 17.3 Å². The number of aliphatic hydroxyl groups excluding tert-OH is 1. The van der Waals surface area contributed by atoms with Gasteiger partial charge in [0.1, 0.15) is 22.8 Å². The molecule has 18 heavy (non-hydrogen) atoms. The molecule has 0 amide bonds. The van der Waals surface area contributed by atoms with Gasteiger partial charge in [-0.3, -0.25) is 0 Å². The highest BCUT2D eigenvalue weighted by molar-refractivity contribution is 5.83. The summed E-state index contributed by atoms with van der Waals surface area (Å²) < 4.78 is 3.92. The van der Waals surface area contributed by atoms with Gasteiger partial charge in [0.05, 0.1) is 0 Å². The van der Waals surface area contributed by atoms with Crippen molar-refractivity contribution in [3.8, 4) is 0 Å². The molecule has 2 aromatic rings. The van der Waals surface area contributed by atoms with E-state index < -0.39 is 0 Å². The number of aliphatic hydroxyl groups is 1. The van der Waals surface area contributed by atoms with Crippen LogP contribution in [0.3, 0.4) is 0 Å². The van der Waals surface area contributed by atoms with Crippen molar-refractivity contribution in [2.45, 2.75) is 6.92 Å². The highest BCUT2D eigenvalue weighted by Crippen LogP contribution is 2.43.